The molecule has 0 aromatic carbocycles. The van der Waals surface area contributed by atoms with Gasteiger partial charge in [0.25, 0.3) is 0 Å². The Hall–Kier alpha value is -2.62. The van der Waals surface area contributed by atoms with Crippen molar-refractivity contribution < 1.29 is 4.52 Å². The summed E-state index contributed by atoms with van der Waals surface area (Å²) in [6.45, 7) is 0.550. The summed E-state index contributed by atoms with van der Waals surface area (Å²) >= 11 is 0. The first kappa shape index (κ1) is 10.9. The summed E-state index contributed by atoms with van der Waals surface area (Å²) in [5, 5.41) is 15.3. The Balaban J connectivity index is 1.98. The third-order valence-electron chi connectivity index (χ3n) is 2.15. The highest BCUT2D eigenvalue weighted by Gasteiger charge is 2.06. The molecule has 2 heterocycles. The molecular formula is C10H10N6O. The summed E-state index contributed by atoms with van der Waals surface area (Å²) in [6, 6.07) is 3.56. The highest BCUT2D eigenvalue weighted by Crippen LogP contribution is 2.18. The van der Waals surface area contributed by atoms with Gasteiger partial charge >= 0.3 is 0 Å². The Labute approximate surface area is 97.3 Å². The SMILES string of the molecule is N#Cc1ccnc(NCCc2ncno2)c1N. The van der Waals surface area contributed by atoms with E-state index in [4.69, 9.17) is 15.5 Å². The second kappa shape index (κ2) is 4.94. The lowest BCUT2D eigenvalue weighted by atomic mass is 10.2. The fraction of sp³-hybridized carbons (Fsp3) is 0.200. The number of nitrogens with one attached hydrogen (secondary N) is 1. The lowest BCUT2D eigenvalue weighted by molar-refractivity contribution is 0.379. The topological polar surface area (TPSA) is 114 Å². The van der Waals surface area contributed by atoms with Gasteiger partial charge in [0.15, 0.2) is 12.1 Å². The van der Waals surface area contributed by atoms with E-state index in [1.165, 1.54) is 12.5 Å². The van der Waals surface area contributed by atoms with Gasteiger partial charge < -0.3 is 15.6 Å². The zero-order valence-corrected chi connectivity index (χ0v) is 8.92. The maximum absolute atomic E-state index is 8.80. The van der Waals surface area contributed by atoms with E-state index in [0.717, 1.165) is 0 Å². The van der Waals surface area contributed by atoms with Crippen molar-refractivity contribution in [3.8, 4) is 6.07 Å². The van der Waals surface area contributed by atoms with E-state index in [1.807, 2.05) is 6.07 Å². The Kier molecular flexibility index (Phi) is 3.16. The minimum Gasteiger partial charge on any atom is -0.395 e. The lowest BCUT2D eigenvalue weighted by Gasteiger charge is -2.07. The number of nitrogens with zero attached hydrogens (tertiary/aromatic N) is 4. The van der Waals surface area contributed by atoms with Crippen LogP contribution in [0.25, 0.3) is 0 Å². The van der Waals surface area contributed by atoms with Gasteiger partial charge in [0.05, 0.1) is 11.3 Å². The van der Waals surface area contributed by atoms with Crippen LogP contribution in [0, 0.1) is 11.3 Å². The number of nitriles is 1. The average Bonchev–Trinajstić information content (AvgIpc) is 2.84. The molecule has 0 aliphatic rings. The number of rotatable bonds is 4. The summed E-state index contributed by atoms with van der Waals surface area (Å²) in [4.78, 5) is 7.93. The summed E-state index contributed by atoms with van der Waals surface area (Å²) in [6.07, 6.45) is 3.44. The van der Waals surface area contributed by atoms with Gasteiger partial charge in [-0.15, -0.1) is 0 Å². The van der Waals surface area contributed by atoms with Crippen molar-refractivity contribution in [2.24, 2.45) is 0 Å². The highest BCUT2D eigenvalue weighted by molar-refractivity contribution is 5.68. The number of hydrogen-bond donors (Lipinski definition) is 2. The highest BCUT2D eigenvalue weighted by atomic mass is 16.5. The molecular weight excluding hydrogens is 220 g/mol. The van der Waals surface area contributed by atoms with Crippen LogP contribution in [0.5, 0.6) is 0 Å². The quantitative estimate of drug-likeness (QED) is 0.789. The molecule has 86 valence electrons. The van der Waals surface area contributed by atoms with Crippen LogP contribution in [-0.4, -0.2) is 21.7 Å². The molecule has 0 spiro atoms. The van der Waals surface area contributed by atoms with E-state index in [2.05, 4.69) is 20.4 Å². The largest absolute Gasteiger partial charge is 0.395 e. The van der Waals surface area contributed by atoms with Crippen LogP contribution in [0.2, 0.25) is 0 Å². The van der Waals surface area contributed by atoms with Crippen molar-refractivity contribution in [2.75, 3.05) is 17.6 Å². The fourth-order valence-electron chi connectivity index (χ4n) is 1.31. The fourth-order valence-corrected chi connectivity index (χ4v) is 1.31. The zero-order valence-electron chi connectivity index (χ0n) is 8.92. The second-order valence-corrected chi connectivity index (χ2v) is 3.24. The Morgan fingerprint density at radius 3 is 3.06 bits per heavy atom. The predicted molar refractivity (Wildman–Crippen MR) is 59.9 cm³/mol. The molecule has 17 heavy (non-hydrogen) atoms. The van der Waals surface area contributed by atoms with Gasteiger partial charge in [0, 0.05) is 19.2 Å². The number of aromatic nitrogens is 3. The third kappa shape index (κ3) is 2.49. The van der Waals surface area contributed by atoms with Crippen molar-refractivity contribution in [1.29, 1.82) is 5.26 Å². The first-order valence-electron chi connectivity index (χ1n) is 4.95. The molecule has 0 radical (unpaired) electrons. The number of nitrogens with two attached hydrogens (primary N) is 1. The molecule has 7 nitrogen and oxygen atoms in total. The Bertz CT molecular complexity index is 530. The minimum absolute atomic E-state index is 0.348. The van der Waals surface area contributed by atoms with Gasteiger partial charge in [-0.05, 0) is 6.07 Å². The standard InChI is InChI=1S/C10H10N6O/c11-5-7-1-3-13-10(9(7)12)14-4-2-8-15-6-16-17-8/h1,3,6H,2,4,12H2,(H,13,14). The number of hydrogen-bond acceptors (Lipinski definition) is 7. The normalized spacial score (nSPS) is 9.82. The van der Waals surface area contributed by atoms with E-state index in [0.29, 0.717) is 35.9 Å². The van der Waals surface area contributed by atoms with Crippen LogP contribution in [0.15, 0.2) is 23.1 Å². The van der Waals surface area contributed by atoms with E-state index in [-0.39, 0.29) is 0 Å². The molecule has 0 amide bonds. The van der Waals surface area contributed by atoms with Gasteiger partial charge in [-0.2, -0.15) is 10.2 Å². The van der Waals surface area contributed by atoms with Gasteiger partial charge in [-0.25, -0.2) is 4.98 Å². The molecule has 0 aliphatic heterocycles. The first-order valence-corrected chi connectivity index (χ1v) is 4.95. The van der Waals surface area contributed by atoms with E-state index < -0.39 is 0 Å². The molecule has 0 bridgehead atoms. The smallest absolute Gasteiger partial charge is 0.228 e. The van der Waals surface area contributed by atoms with Gasteiger partial charge in [-0.1, -0.05) is 5.16 Å². The number of anilines is 2. The third-order valence-corrected chi connectivity index (χ3v) is 2.15. The molecule has 0 unspecified atom stereocenters. The van der Waals surface area contributed by atoms with E-state index >= 15 is 0 Å². The summed E-state index contributed by atoms with van der Waals surface area (Å²) in [7, 11) is 0. The Morgan fingerprint density at radius 2 is 2.35 bits per heavy atom. The van der Waals surface area contributed by atoms with Crippen LogP contribution >= 0.6 is 0 Å². The maximum Gasteiger partial charge on any atom is 0.228 e. The molecule has 0 fully saturated rings. The minimum atomic E-state index is 0.348. The van der Waals surface area contributed by atoms with Crippen molar-refractivity contribution >= 4 is 11.5 Å². The molecule has 0 atom stereocenters. The van der Waals surface area contributed by atoms with Crippen molar-refractivity contribution in [3.63, 3.8) is 0 Å². The molecule has 0 saturated heterocycles. The first-order chi connectivity index (χ1) is 8.31. The number of nitrogen functional groups attached to an aromatic ring is 1. The van der Waals surface area contributed by atoms with E-state index in [1.54, 1.807) is 6.07 Å². The summed E-state index contributed by atoms with van der Waals surface area (Å²) in [5.41, 5.74) is 6.51. The zero-order chi connectivity index (χ0) is 12.1. The van der Waals surface area contributed by atoms with Crippen molar-refractivity contribution in [2.45, 2.75) is 6.42 Å². The van der Waals surface area contributed by atoms with Crippen molar-refractivity contribution in [1.82, 2.24) is 15.1 Å². The Morgan fingerprint density at radius 1 is 1.47 bits per heavy atom. The average molecular weight is 230 g/mol. The molecule has 2 aromatic rings. The molecule has 7 heteroatoms. The van der Waals surface area contributed by atoms with Crippen LogP contribution < -0.4 is 11.1 Å². The summed E-state index contributed by atoms with van der Waals surface area (Å²) in [5.74, 6) is 1.02. The van der Waals surface area contributed by atoms with Gasteiger partial charge in [0.2, 0.25) is 5.89 Å². The van der Waals surface area contributed by atoms with Crippen LogP contribution in [0.1, 0.15) is 11.5 Å². The van der Waals surface area contributed by atoms with Crippen molar-refractivity contribution in [3.05, 3.63) is 30.0 Å². The lowest BCUT2D eigenvalue weighted by Crippen LogP contribution is -2.09. The van der Waals surface area contributed by atoms with Gasteiger partial charge in [0.1, 0.15) is 6.07 Å². The monoisotopic (exact) mass is 230 g/mol. The molecule has 3 N–H and O–H groups in total. The second-order valence-electron chi connectivity index (χ2n) is 3.24. The molecule has 2 rings (SSSR count). The van der Waals surface area contributed by atoms with Gasteiger partial charge in [-0.3, -0.25) is 0 Å². The maximum atomic E-state index is 8.80. The molecule has 2 aromatic heterocycles. The van der Waals surface area contributed by atoms with E-state index in [9.17, 15) is 0 Å². The summed E-state index contributed by atoms with van der Waals surface area (Å²) < 4.78 is 4.84. The molecule has 0 aliphatic carbocycles. The van der Waals surface area contributed by atoms with Crippen LogP contribution in [0.4, 0.5) is 11.5 Å². The molecule has 0 saturated carbocycles. The van der Waals surface area contributed by atoms with Crippen LogP contribution in [-0.2, 0) is 6.42 Å². The number of pyridine rings is 1. The predicted octanol–water partition coefficient (Wildman–Crippen LogP) is 0.573. The van der Waals surface area contributed by atoms with Crippen LogP contribution in [0.3, 0.4) is 0 Å².